The number of aromatic amines is 1. The first-order chi connectivity index (χ1) is 12.9. The van der Waals surface area contributed by atoms with E-state index in [9.17, 15) is 14.9 Å². The van der Waals surface area contributed by atoms with Crippen molar-refractivity contribution in [1.29, 1.82) is 0 Å². The van der Waals surface area contributed by atoms with Crippen molar-refractivity contribution in [2.75, 3.05) is 6.61 Å². The number of nitro benzene ring substituents is 1. The van der Waals surface area contributed by atoms with Crippen molar-refractivity contribution in [3.05, 3.63) is 75.6 Å². The van der Waals surface area contributed by atoms with Crippen LogP contribution in [0.25, 0.3) is 16.8 Å². The zero-order chi connectivity index (χ0) is 19.6. The molecule has 1 heterocycles. The third kappa shape index (κ3) is 3.57. The maximum absolute atomic E-state index is 12.0. The predicted molar refractivity (Wildman–Crippen MR) is 99.8 cm³/mol. The number of carbonyl (C=O) groups is 1. The number of benzene rings is 2. The molecular weight excluding hydrogens is 346 g/mol. The smallest absolute Gasteiger partial charge is 0.338 e. The molecule has 3 aromatic rings. The minimum Gasteiger partial charge on any atom is -0.462 e. The van der Waals surface area contributed by atoms with Crippen LogP contribution in [0.2, 0.25) is 0 Å². The Labute approximate surface area is 156 Å². The second-order valence-electron chi connectivity index (χ2n) is 6.11. The molecule has 0 radical (unpaired) electrons. The van der Waals surface area contributed by atoms with Crippen molar-refractivity contribution in [3.63, 3.8) is 0 Å². The molecule has 27 heavy (non-hydrogen) atoms. The van der Waals surface area contributed by atoms with Crippen LogP contribution in [-0.2, 0) is 4.74 Å². The number of nitrogens with one attached hydrogen (secondary N) is 1. The van der Waals surface area contributed by atoms with E-state index >= 15 is 0 Å². The van der Waals surface area contributed by atoms with E-state index in [2.05, 4.69) is 5.10 Å². The highest BCUT2D eigenvalue weighted by Gasteiger charge is 2.24. The maximum Gasteiger partial charge on any atom is 0.338 e. The summed E-state index contributed by atoms with van der Waals surface area (Å²) in [5.41, 5.74) is 4.69. The number of aryl methyl sites for hydroxylation is 1. The van der Waals surface area contributed by atoms with Crippen molar-refractivity contribution < 1.29 is 19.1 Å². The summed E-state index contributed by atoms with van der Waals surface area (Å²) in [5, 5.41) is 14.4. The number of esters is 1. The van der Waals surface area contributed by atoms with E-state index < -0.39 is 4.92 Å². The molecular formula is C20H20N3O4+. The molecule has 3 rings (SSSR count). The van der Waals surface area contributed by atoms with E-state index in [-0.39, 0.29) is 11.7 Å². The number of H-pyrrole nitrogens is 1. The molecule has 0 fully saturated rings. The lowest BCUT2D eigenvalue weighted by molar-refractivity contribution is -0.661. The molecule has 0 atom stereocenters. The largest absolute Gasteiger partial charge is 0.462 e. The van der Waals surface area contributed by atoms with Crippen LogP contribution in [0.15, 0.2) is 48.5 Å². The second kappa shape index (κ2) is 7.41. The Morgan fingerprint density at radius 1 is 1.19 bits per heavy atom. The van der Waals surface area contributed by atoms with Crippen LogP contribution in [0.3, 0.4) is 0 Å². The Morgan fingerprint density at radius 2 is 1.93 bits per heavy atom. The number of hydrogen-bond donors (Lipinski definition) is 1. The lowest BCUT2D eigenvalue weighted by Crippen LogP contribution is -2.35. The summed E-state index contributed by atoms with van der Waals surface area (Å²) in [7, 11) is 0. The molecule has 1 N–H and O–H groups in total. The molecule has 0 saturated heterocycles. The number of nitrogens with zero attached hydrogens (tertiary/aromatic N) is 2. The minimum absolute atomic E-state index is 0.0448. The lowest BCUT2D eigenvalue weighted by Gasteiger charge is -2.02. The van der Waals surface area contributed by atoms with E-state index in [1.54, 1.807) is 37.3 Å². The predicted octanol–water partition coefficient (Wildman–Crippen LogP) is 3.66. The highest BCUT2D eigenvalue weighted by Crippen LogP contribution is 2.28. The fraction of sp³-hybridized carbons (Fsp3) is 0.200. The van der Waals surface area contributed by atoms with Crippen LogP contribution in [-0.4, -0.2) is 22.6 Å². The first-order valence-electron chi connectivity index (χ1n) is 8.56. The second-order valence-corrected chi connectivity index (χ2v) is 6.11. The van der Waals surface area contributed by atoms with Gasteiger partial charge in [0, 0.05) is 31.2 Å². The first kappa shape index (κ1) is 18.3. The van der Waals surface area contributed by atoms with Gasteiger partial charge in [0.15, 0.2) is 0 Å². The number of carbonyl (C=O) groups excluding carboxylic acids is 1. The zero-order valence-electron chi connectivity index (χ0n) is 15.4. The highest BCUT2D eigenvalue weighted by molar-refractivity contribution is 5.89. The quantitative estimate of drug-likeness (QED) is 0.323. The zero-order valence-corrected chi connectivity index (χ0v) is 15.4. The van der Waals surface area contributed by atoms with Gasteiger partial charge in [0.2, 0.25) is 11.4 Å². The van der Waals surface area contributed by atoms with Gasteiger partial charge >= 0.3 is 5.97 Å². The van der Waals surface area contributed by atoms with Gasteiger partial charge in [-0.3, -0.25) is 10.1 Å². The summed E-state index contributed by atoms with van der Waals surface area (Å²) in [4.78, 5) is 22.7. The summed E-state index contributed by atoms with van der Waals surface area (Å²) >= 11 is 0. The Kier molecular flexibility index (Phi) is 5.03. The molecule has 0 bridgehead atoms. The molecule has 0 saturated carbocycles. The van der Waals surface area contributed by atoms with Crippen LogP contribution in [0.1, 0.15) is 28.7 Å². The number of non-ortho nitro benzene ring substituents is 1. The fourth-order valence-electron chi connectivity index (χ4n) is 3.14. The Bertz CT molecular complexity index is 1020. The SMILES string of the molecule is CCOC(=O)c1cccc(-[n+]2[nH]c(C)c(-c3cccc([N+](=O)[O-])c3)c2C)c1. The Balaban J connectivity index is 2.07. The molecule has 1 aromatic heterocycles. The van der Waals surface area contributed by atoms with Gasteiger partial charge in [-0.2, -0.15) is 5.10 Å². The lowest BCUT2D eigenvalue weighted by atomic mass is 10.0. The first-order valence-corrected chi connectivity index (χ1v) is 8.56. The van der Waals surface area contributed by atoms with Gasteiger partial charge in [0.05, 0.1) is 28.4 Å². The van der Waals surface area contributed by atoms with E-state index in [0.717, 1.165) is 28.2 Å². The summed E-state index contributed by atoms with van der Waals surface area (Å²) in [6.07, 6.45) is 0. The van der Waals surface area contributed by atoms with Gasteiger partial charge in [0.1, 0.15) is 0 Å². The monoisotopic (exact) mass is 366 g/mol. The number of nitro groups is 1. The van der Waals surface area contributed by atoms with Gasteiger partial charge in [-0.05, 0) is 25.5 Å². The normalized spacial score (nSPS) is 10.6. The average Bonchev–Trinajstić information content (AvgIpc) is 2.96. The van der Waals surface area contributed by atoms with E-state index in [4.69, 9.17) is 4.74 Å². The average molecular weight is 366 g/mol. The number of hydrogen-bond acceptors (Lipinski definition) is 4. The summed E-state index contributed by atoms with van der Waals surface area (Å²) in [6, 6.07) is 13.7. The highest BCUT2D eigenvalue weighted by atomic mass is 16.6. The molecule has 2 aromatic carbocycles. The maximum atomic E-state index is 12.0. The van der Waals surface area contributed by atoms with Crippen LogP contribution in [0, 0.1) is 24.0 Å². The van der Waals surface area contributed by atoms with Crippen LogP contribution >= 0.6 is 0 Å². The van der Waals surface area contributed by atoms with Crippen LogP contribution < -0.4 is 4.68 Å². The summed E-state index contributed by atoms with van der Waals surface area (Å²) in [5.74, 6) is -0.375. The fourth-order valence-corrected chi connectivity index (χ4v) is 3.14. The molecule has 0 aliphatic carbocycles. The van der Waals surface area contributed by atoms with E-state index in [1.165, 1.54) is 6.07 Å². The number of rotatable bonds is 5. The number of aromatic nitrogens is 2. The molecule has 7 heteroatoms. The van der Waals surface area contributed by atoms with Crippen molar-refractivity contribution in [3.8, 4) is 16.8 Å². The standard InChI is InChI=1S/C20H19N3O4/c1-4-27-20(24)16-8-6-9-17(12-16)22-14(3)19(13(2)21-22)15-7-5-10-18(11-15)23(25)26/h5-12H,4H2,1-3H3/p+1. The molecule has 0 amide bonds. The van der Waals surface area contributed by atoms with Crippen LogP contribution in [0.5, 0.6) is 0 Å². The molecule has 0 unspecified atom stereocenters. The molecule has 7 nitrogen and oxygen atoms in total. The van der Waals surface area contributed by atoms with Gasteiger partial charge in [-0.1, -0.05) is 22.9 Å². The van der Waals surface area contributed by atoms with E-state index in [1.807, 2.05) is 30.7 Å². The van der Waals surface area contributed by atoms with Crippen molar-refractivity contribution in [2.45, 2.75) is 20.8 Å². The van der Waals surface area contributed by atoms with Crippen molar-refractivity contribution in [1.82, 2.24) is 5.10 Å². The van der Waals surface area contributed by atoms with Crippen molar-refractivity contribution >= 4 is 11.7 Å². The Hall–Kier alpha value is -3.48. The summed E-state index contributed by atoms with van der Waals surface area (Å²) < 4.78 is 6.91. The van der Waals surface area contributed by atoms with Gasteiger partial charge in [0.25, 0.3) is 5.69 Å². The third-order valence-electron chi connectivity index (χ3n) is 4.31. The van der Waals surface area contributed by atoms with Gasteiger partial charge in [-0.25, -0.2) is 4.79 Å². The molecule has 138 valence electrons. The Morgan fingerprint density at radius 3 is 2.63 bits per heavy atom. The molecule has 0 aliphatic rings. The van der Waals surface area contributed by atoms with E-state index in [0.29, 0.717) is 12.2 Å². The van der Waals surface area contributed by atoms with Crippen LogP contribution in [0.4, 0.5) is 5.69 Å². The topological polar surface area (TPSA) is 89.1 Å². The van der Waals surface area contributed by atoms with Crippen molar-refractivity contribution in [2.24, 2.45) is 0 Å². The number of ether oxygens (including phenoxy) is 1. The molecule has 0 aliphatic heterocycles. The summed E-state index contributed by atoms with van der Waals surface area (Å²) in [6.45, 7) is 5.91. The molecule has 0 spiro atoms. The third-order valence-corrected chi connectivity index (χ3v) is 4.31. The minimum atomic E-state index is -0.405. The van der Waals surface area contributed by atoms with Gasteiger partial charge < -0.3 is 4.74 Å². The van der Waals surface area contributed by atoms with Gasteiger partial charge in [-0.15, -0.1) is 0 Å².